The lowest BCUT2D eigenvalue weighted by atomic mass is 10.1. The molecule has 6 heteroatoms. The van der Waals surface area contributed by atoms with Crippen LogP contribution in [0.15, 0.2) is 0 Å². The van der Waals surface area contributed by atoms with E-state index in [1.165, 1.54) is 38.5 Å². The van der Waals surface area contributed by atoms with Crippen LogP contribution in [0.1, 0.15) is 45.4 Å². The number of nitrogens with zero attached hydrogens (tertiary/aromatic N) is 4. The van der Waals surface area contributed by atoms with Gasteiger partial charge in [-0.2, -0.15) is 15.0 Å². The van der Waals surface area contributed by atoms with Crippen LogP contribution >= 0.6 is 0 Å². The predicted molar refractivity (Wildman–Crippen MR) is 85.9 cm³/mol. The molecule has 0 spiro atoms. The van der Waals surface area contributed by atoms with Crippen molar-refractivity contribution in [1.82, 2.24) is 15.0 Å². The van der Waals surface area contributed by atoms with Crippen molar-refractivity contribution in [3.8, 4) is 0 Å². The highest BCUT2D eigenvalue weighted by Gasteiger charge is 2.24. The first-order valence-electron chi connectivity index (χ1n) is 8.21. The number of hydrogen-bond donors (Lipinski definition) is 2. The van der Waals surface area contributed by atoms with Crippen LogP contribution < -0.4 is 15.5 Å². The summed E-state index contributed by atoms with van der Waals surface area (Å²) in [4.78, 5) is 15.9. The summed E-state index contributed by atoms with van der Waals surface area (Å²) >= 11 is 0. The zero-order chi connectivity index (χ0) is 14.7. The molecule has 21 heavy (non-hydrogen) atoms. The molecule has 6 nitrogen and oxygen atoms in total. The normalized spacial score (nSPS) is 25.9. The molecule has 2 fully saturated rings. The topological polar surface area (TPSA) is 66.0 Å². The average Bonchev–Trinajstić information content (AvgIpc) is 2.93. The third-order valence-electron chi connectivity index (χ3n) is 4.66. The molecule has 1 saturated heterocycles. The molecule has 3 rings (SSSR count). The van der Waals surface area contributed by atoms with E-state index < -0.39 is 0 Å². The molecule has 1 aliphatic carbocycles. The van der Waals surface area contributed by atoms with E-state index in [-0.39, 0.29) is 0 Å². The van der Waals surface area contributed by atoms with Gasteiger partial charge >= 0.3 is 0 Å². The molecule has 0 amide bonds. The largest absolute Gasteiger partial charge is 0.357 e. The molecule has 1 saturated carbocycles. The molecule has 1 aliphatic heterocycles. The highest BCUT2D eigenvalue weighted by atomic mass is 15.3. The fourth-order valence-electron chi connectivity index (χ4n) is 3.30. The van der Waals surface area contributed by atoms with Gasteiger partial charge in [-0.25, -0.2) is 0 Å². The van der Waals surface area contributed by atoms with Crippen LogP contribution in [0.3, 0.4) is 0 Å². The molecular formula is C15H26N6. The summed E-state index contributed by atoms with van der Waals surface area (Å²) in [7, 11) is 1.86. The van der Waals surface area contributed by atoms with Crippen molar-refractivity contribution in [2.24, 2.45) is 5.92 Å². The fourth-order valence-corrected chi connectivity index (χ4v) is 3.30. The molecule has 2 unspecified atom stereocenters. The highest BCUT2D eigenvalue weighted by molar-refractivity contribution is 5.44. The highest BCUT2D eigenvalue weighted by Crippen LogP contribution is 2.27. The molecule has 2 heterocycles. The Hall–Kier alpha value is -1.59. The second kappa shape index (κ2) is 6.45. The maximum atomic E-state index is 4.66. The smallest absolute Gasteiger partial charge is 0.231 e. The lowest BCUT2D eigenvalue weighted by molar-refractivity contribution is 0.550. The number of hydrogen-bond acceptors (Lipinski definition) is 6. The van der Waals surface area contributed by atoms with E-state index in [9.17, 15) is 0 Å². The van der Waals surface area contributed by atoms with Gasteiger partial charge in [-0.15, -0.1) is 0 Å². The number of piperidine rings is 1. The zero-order valence-electron chi connectivity index (χ0n) is 13.1. The van der Waals surface area contributed by atoms with Gasteiger partial charge in [-0.1, -0.05) is 13.3 Å². The van der Waals surface area contributed by atoms with Crippen LogP contribution in [0.4, 0.5) is 17.8 Å². The van der Waals surface area contributed by atoms with Gasteiger partial charge in [0.05, 0.1) is 0 Å². The van der Waals surface area contributed by atoms with Gasteiger partial charge in [0.2, 0.25) is 17.8 Å². The van der Waals surface area contributed by atoms with E-state index in [2.05, 4.69) is 37.4 Å². The molecule has 0 radical (unpaired) electrons. The number of rotatable bonds is 4. The standard InChI is InChI=1S/C15H26N6/c1-11-7-6-8-12(11)17-14-18-13(16-2)19-15(20-14)21-9-4-3-5-10-21/h11-12H,3-10H2,1-2H3,(H2,16,17,18,19,20). The summed E-state index contributed by atoms with van der Waals surface area (Å²) < 4.78 is 0. The summed E-state index contributed by atoms with van der Waals surface area (Å²) in [5, 5.41) is 6.57. The minimum Gasteiger partial charge on any atom is -0.357 e. The quantitative estimate of drug-likeness (QED) is 0.888. The molecule has 1 aromatic heterocycles. The van der Waals surface area contributed by atoms with Crippen LogP contribution in [0.5, 0.6) is 0 Å². The minimum atomic E-state index is 0.492. The van der Waals surface area contributed by atoms with Crippen LogP contribution in [0.2, 0.25) is 0 Å². The van der Waals surface area contributed by atoms with Crippen LogP contribution in [0, 0.1) is 5.92 Å². The van der Waals surface area contributed by atoms with Gasteiger partial charge in [0.25, 0.3) is 0 Å². The van der Waals surface area contributed by atoms with Gasteiger partial charge in [0, 0.05) is 26.2 Å². The second-order valence-corrected chi connectivity index (χ2v) is 6.24. The van der Waals surface area contributed by atoms with Crippen molar-refractivity contribution in [2.45, 2.75) is 51.5 Å². The average molecular weight is 290 g/mol. The Balaban J connectivity index is 1.78. The van der Waals surface area contributed by atoms with E-state index in [0.29, 0.717) is 23.9 Å². The molecule has 1 aromatic rings. The molecular weight excluding hydrogens is 264 g/mol. The Morgan fingerprint density at radius 3 is 2.38 bits per heavy atom. The minimum absolute atomic E-state index is 0.492. The van der Waals surface area contributed by atoms with E-state index in [1.807, 2.05) is 7.05 Å². The third kappa shape index (κ3) is 3.36. The first kappa shape index (κ1) is 14.4. The molecule has 2 atom stereocenters. The summed E-state index contributed by atoms with van der Waals surface area (Å²) in [5.74, 6) is 2.87. The van der Waals surface area contributed by atoms with Gasteiger partial charge < -0.3 is 15.5 Å². The summed E-state index contributed by atoms with van der Waals surface area (Å²) in [6.07, 6.45) is 7.56. The van der Waals surface area contributed by atoms with Crippen LogP contribution in [-0.4, -0.2) is 41.1 Å². The Bertz CT molecular complexity index is 471. The Kier molecular flexibility index (Phi) is 4.41. The van der Waals surface area contributed by atoms with Crippen molar-refractivity contribution in [2.75, 3.05) is 35.7 Å². The summed E-state index contributed by atoms with van der Waals surface area (Å²) in [5.41, 5.74) is 0. The van der Waals surface area contributed by atoms with Crippen molar-refractivity contribution in [3.05, 3.63) is 0 Å². The van der Waals surface area contributed by atoms with Gasteiger partial charge in [0.1, 0.15) is 0 Å². The van der Waals surface area contributed by atoms with Crippen LogP contribution in [0.25, 0.3) is 0 Å². The maximum Gasteiger partial charge on any atom is 0.231 e. The van der Waals surface area contributed by atoms with Crippen molar-refractivity contribution >= 4 is 17.8 Å². The lowest BCUT2D eigenvalue weighted by Crippen LogP contribution is -2.32. The van der Waals surface area contributed by atoms with E-state index in [1.54, 1.807) is 0 Å². The maximum absolute atomic E-state index is 4.66. The van der Waals surface area contributed by atoms with Gasteiger partial charge in [-0.05, 0) is 38.0 Å². The molecule has 2 N–H and O–H groups in total. The fraction of sp³-hybridized carbons (Fsp3) is 0.800. The molecule has 0 aromatic carbocycles. The third-order valence-corrected chi connectivity index (χ3v) is 4.66. The molecule has 2 aliphatic rings. The Labute approximate surface area is 126 Å². The van der Waals surface area contributed by atoms with E-state index in [0.717, 1.165) is 19.0 Å². The van der Waals surface area contributed by atoms with Crippen molar-refractivity contribution in [3.63, 3.8) is 0 Å². The molecule has 0 bridgehead atoms. The van der Waals surface area contributed by atoms with E-state index in [4.69, 9.17) is 0 Å². The van der Waals surface area contributed by atoms with E-state index >= 15 is 0 Å². The van der Waals surface area contributed by atoms with Crippen molar-refractivity contribution in [1.29, 1.82) is 0 Å². The first-order valence-corrected chi connectivity index (χ1v) is 8.21. The molecule has 116 valence electrons. The van der Waals surface area contributed by atoms with Gasteiger partial charge in [-0.3, -0.25) is 0 Å². The Morgan fingerprint density at radius 2 is 1.71 bits per heavy atom. The SMILES string of the molecule is CNc1nc(NC2CCCC2C)nc(N2CCCCC2)n1. The summed E-state index contributed by atoms with van der Waals surface area (Å²) in [6, 6.07) is 0.492. The zero-order valence-corrected chi connectivity index (χ0v) is 13.1. The summed E-state index contributed by atoms with van der Waals surface area (Å²) in [6.45, 7) is 4.40. The number of anilines is 3. The number of nitrogens with one attached hydrogen (secondary N) is 2. The predicted octanol–water partition coefficient (Wildman–Crippen LogP) is 2.50. The monoisotopic (exact) mass is 290 g/mol. The second-order valence-electron chi connectivity index (χ2n) is 6.24. The lowest BCUT2D eigenvalue weighted by Gasteiger charge is -2.27. The van der Waals surface area contributed by atoms with Crippen LogP contribution in [-0.2, 0) is 0 Å². The van der Waals surface area contributed by atoms with Crippen molar-refractivity contribution < 1.29 is 0 Å². The Morgan fingerprint density at radius 1 is 0.952 bits per heavy atom. The number of aromatic nitrogens is 3. The van der Waals surface area contributed by atoms with Gasteiger partial charge in [0.15, 0.2) is 0 Å². The first-order chi connectivity index (χ1) is 10.3.